The normalized spacial score (nSPS) is 10.7. The standard InChI is InChI=1S/C20H18BrFN4O2S/c1-26-18(10-11-23-19(28)14-4-8-16(22)9-5-14)24-25-20(26)29-12-17(27)13-2-6-15(21)7-3-13/h2-9H,10-12H2,1H3,(H,23,28). The number of hydrogen-bond acceptors (Lipinski definition) is 5. The van der Waals surface area contributed by atoms with Gasteiger partial charge in [0.1, 0.15) is 11.6 Å². The second kappa shape index (κ2) is 9.80. The fraction of sp³-hybridized carbons (Fsp3) is 0.200. The summed E-state index contributed by atoms with van der Waals surface area (Å²) in [6, 6.07) is 12.6. The summed E-state index contributed by atoms with van der Waals surface area (Å²) in [5.41, 5.74) is 1.04. The van der Waals surface area contributed by atoms with Gasteiger partial charge in [-0.1, -0.05) is 39.8 Å². The molecule has 0 aliphatic rings. The zero-order chi connectivity index (χ0) is 20.8. The highest BCUT2D eigenvalue weighted by molar-refractivity contribution is 9.10. The van der Waals surface area contributed by atoms with Crippen LogP contribution in [-0.4, -0.2) is 38.8 Å². The second-order valence-electron chi connectivity index (χ2n) is 6.19. The third-order valence-electron chi connectivity index (χ3n) is 4.16. The van der Waals surface area contributed by atoms with Crippen molar-refractivity contribution >= 4 is 39.4 Å². The average Bonchev–Trinajstić information content (AvgIpc) is 3.07. The van der Waals surface area contributed by atoms with Crippen molar-refractivity contribution in [2.45, 2.75) is 11.6 Å². The predicted molar refractivity (Wildman–Crippen MR) is 113 cm³/mol. The molecule has 0 fully saturated rings. The molecule has 1 aromatic heterocycles. The van der Waals surface area contributed by atoms with E-state index in [2.05, 4.69) is 31.4 Å². The van der Waals surface area contributed by atoms with E-state index in [1.807, 2.05) is 23.7 Å². The van der Waals surface area contributed by atoms with Gasteiger partial charge in [0.15, 0.2) is 10.9 Å². The van der Waals surface area contributed by atoms with Gasteiger partial charge < -0.3 is 9.88 Å². The van der Waals surface area contributed by atoms with E-state index in [1.165, 1.54) is 36.0 Å². The van der Waals surface area contributed by atoms with Crippen LogP contribution in [0, 0.1) is 5.82 Å². The highest BCUT2D eigenvalue weighted by atomic mass is 79.9. The molecule has 3 rings (SSSR count). The van der Waals surface area contributed by atoms with Crippen LogP contribution in [0.2, 0.25) is 0 Å². The lowest BCUT2D eigenvalue weighted by Crippen LogP contribution is -2.26. The van der Waals surface area contributed by atoms with E-state index in [4.69, 9.17) is 0 Å². The molecule has 3 aromatic rings. The summed E-state index contributed by atoms with van der Waals surface area (Å²) in [6.45, 7) is 0.366. The molecule has 2 aromatic carbocycles. The third kappa shape index (κ3) is 5.74. The van der Waals surface area contributed by atoms with Crippen LogP contribution < -0.4 is 5.32 Å². The molecule has 150 valence electrons. The number of carbonyl (C=O) groups is 2. The molecule has 0 atom stereocenters. The SMILES string of the molecule is Cn1c(CCNC(=O)c2ccc(F)cc2)nnc1SCC(=O)c1ccc(Br)cc1. The van der Waals surface area contributed by atoms with E-state index in [9.17, 15) is 14.0 Å². The number of Topliss-reactive ketones (excluding diaryl/α,β-unsaturated/α-hetero) is 1. The molecule has 0 saturated carbocycles. The van der Waals surface area contributed by atoms with Gasteiger partial charge in [0, 0.05) is 35.6 Å². The number of ketones is 1. The fourth-order valence-electron chi connectivity index (χ4n) is 2.53. The average molecular weight is 477 g/mol. The van der Waals surface area contributed by atoms with Crippen molar-refractivity contribution in [3.8, 4) is 0 Å². The number of rotatable bonds is 8. The van der Waals surface area contributed by atoms with Crippen LogP contribution in [0.1, 0.15) is 26.5 Å². The van der Waals surface area contributed by atoms with Crippen molar-refractivity contribution in [1.29, 1.82) is 0 Å². The van der Waals surface area contributed by atoms with E-state index in [-0.39, 0.29) is 23.3 Å². The van der Waals surface area contributed by atoms with E-state index >= 15 is 0 Å². The first-order valence-electron chi connectivity index (χ1n) is 8.77. The van der Waals surface area contributed by atoms with Gasteiger partial charge in [-0.25, -0.2) is 4.39 Å². The van der Waals surface area contributed by atoms with Crippen LogP contribution in [-0.2, 0) is 13.5 Å². The minimum Gasteiger partial charge on any atom is -0.352 e. The number of halogens is 2. The zero-order valence-corrected chi connectivity index (χ0v) is 18.0. The lowest BCUT2D eigenvalue weighted by atomic mass is 10.2. The third-order valence-corrected chi connectivity index (χ3v) is 5.71. The molecule has 1 N–H and O–H groups in total. The molecule has 0 unspecified atom stereocenters. The number of thioether (sulfide) groups is 1. The Bertz CT molecular complexity index is 1010. The maximum absolute atomic E-state index is 12.9. The number of nitrogens with zero attached hydrogens (tertiary/aromatic N) is 3. The lowest BCUT2D eigenvalue weighted by molar-refractivity contribution is 0.0952. The maximum Gasteiger partial charge on any atom is 0.251 e. The molecule has 0 radical (unpaired) electrons. The molecule has 29 heavy (non-hydrogen) atoms. The Hall–Kier alpha value is -2.52. The minimum absolute atomic E-state index is 0.0126. The molecule has 0 bridgehead atoms. The van der Waals surface area contributed by atoms with Gasteiger partial charge in [-0.2, -0.15) is 0 Å². The highest BCUT2D eigenvalue weighted by Gasteiger charge is 2.13. The predicted octanol–water partition coefficient (Wildman–Crippen LogP) is 3.66. The zero-order valence-electron chi connectivity index (χ0n) is 15.6. The van der Waals surface area contributed by atoms with Crippen LogP contribution >= 0.6 is 27.7 Å². The smallest absolute Gasteiger partial charge is 0.251 e. The summed E-state index contributed by atoms with van der Waals surface area (Å²) in [4.78, 5) is 24.3. The molecule has 9 heteroatoms. The fourth-order valence-corrected chi connectivity index (χ4v) is 3.62. The Morgan fingerprint density at radius 3 is 2.41 bits per heavy atom. The summed E-state index contributed by atoms with van der Waals surface area (Å²) >= 11 is 4.67. The first-order chi connectivity index (χ1) is 13.9. The molecule has 0 aliphatic carbocycles. The van der Waals surface area contributed by atoms with Gasteiger partial charge in [-0.3, -0.25) is 9.59 Å². The van der Waals surface area contributed by atoms with Crippen molar-refractivity contribution < 1.29 is 14.0 Å². The Morgan fingerprint density at radius 2 is 1.72 bits per heavy atom. The van der Waals surface area contributed by atoms with Crippen LogP contribution in [0.25, 0.3) is 0 Å². The van der Waals surface area contributed by atoms with Gasteiger partial charge >= 0.3 is 0 Å². The number of nitrogens with one attached hydrogen (secondary N) is 1. The summed E-state index contributed by atoms with van der Waals surface area (Å²) in [5, 5.41) is 11.7. The first kappa shape index (κ1) is 21.2. The Labute approximate surface area is 180 Å². The number of amides is 1. The monoisotopic (exact) mass is 476 g/mol. The Balaban J connectivity index is 1.50. The van der Waals surface area contributed by atoms with Crippen molar-refractivity contribution in [1.82, 2.24) is 20.1 Å². The number of carbonyl (C=O) groups excluding carboxylic acids is 2. The van der Waals surface area contributed by atoms with E-state index < -0.39 is 0 Å². The van der Waals surface area contributed by atoms with Crippen molar-refractivity contribution in [3.63, 3.8) is 0 Å². The Kier molecular flexibility index (Phi) is 7.16. The molecule has 0 saturated heterocycles. The molecular formula is C20H18BrFN4O2S. The maximum atomic E-state index is 12.9. The van der Waals surface area contributed by atoms with Gasteiger partial charge in [-0.05, 0) is 36.4 Å². The first-order valence-corrected chi connectivity index (χ1v) is 10.6. The molecule has 0 spiro atoms. The lowest BCUT2D eigenvalue weighted by Gasteiger charge is -2.06. The number of aromatic nitrogens is 3. The van der Waals surface area contributed by atoms with E-state index in [1.54, 1.807) is 12.1 Å². The Morgan fingerprint density at radius 1 is 1.07 bits per heavy atom. The minimum atomic E-state index is -0.385. The van der Waals surface area contributed by atoms with Crippen molar-refractivity contribution in [2.75, 3.05) is 12.3 Å². The van der Waals surface area contributed by atoms with Crippen LogP contribution in [0.4, 0.5) is 4.39 Å². The van der Waals surface area contributed by atoms with Gasteiger partial charge in [0.05, 0.1) is 5.75 Å². The van der Waals surface area contributed by atoms with Gasteiger partial charge in [-0.15, -0.1) is 10.2 Å². The number of hydrogen-bond donors (Lipinski definition) is 1. The molecular weight excluding hydrogens is 459 g/mol. The topological polar surface area (TPSA) is 76.9 Å². The van der Waals surface area contributed by atoms with Crippen LogP contribution in [0.15, 0.2) is 58.2 Å². The summed E-state index contributed by atoms with van der Waals surface area (Å²) < 4.78 is 15.7. The molecule has 6 nitrogen and oxygen atoms in total. The molecule has 1 amide bonds. The molecule has 0 aliphatic heterocycles. The second-order valence-corrected chi connectivity index (χ2v) is 8.05. The van der Waals surface area contributed by atoms with Crippen LogP contribution in [0.3, 0.4) is 0 Å². The summed E-state index contributed by atoms with van der Waals surface area (Å²) in [6.07, 6.45) is 0.484. The van der Waals surface area contributed by atoms with Crippen molar-refractivity contribution in [3.05, 3.63) is 75.8 Å². The van der Waals surface area contributed by atoms with Crippen LogP contribution in [0.5, 0.6) is 0 Å². The molecule has 1 heterocycles. The van der Waals surface area contributed by atoms with E-state index in [0.29, 0.717) is 35.1 Å². The van der Waals surface area contributed by atoms with E-state index in [0.717, 1.165) is 4.47 Å². The summed E-state index contributed by atoms with van der Waals surface area (Å²) in [7, 11) is 1.82. The quantitative estimate of drug-likeness (QED) is 0.396. The van der Waals surface area contributed by atoms with Gasteiger partial charge in [0.2, 0.25) is 0 Å². The largest absolute Gasteiger partial charge is 0.352 e. The number of benzene rings is 2. The summed E-state index contributed by atoms with van der Waals surface area (Å²) in [5.74, 6) is 0.308. The van der Waals surface area contributed by atoms with Gasteiger partial charge in [0.25, 0.3) is 5.91 Å². The van der Waals surface area contributed by atoms with Crippen molar-refractivity contribution in [2.24, 2.45) is 7.05 Å². The highest BCUT2D eigenvalue weighted by Crippen LogP contribution is 2.18.